The fraction of sp³-hybridized carbons (Fsp3) is 0.591. The van der Waals surface area contributed by atoms with Gasteiger partial charge in [-0.1, -0.05) is 23.4 Å². The SMILES string of the molecule is Cc1noc(C)c1CN1C[C@H]2CC[C@@H](C1)N(CCCOc1ccccc1)C2. The van der Waals surface area contributed by atoms with Crippen LogP contribution < -0.4 is 4.74 Å². The Hall–Kier alpha value is -1.85. The second-order valence-electron chi connectivity index (χ2n) is 8.10. The van der Waals surface area contributed by atoms with Gasteiger partial charge in [-0.2, -0.15) is 0 Å². The van der Waals surface area contributed by atoms with Gasteiger partial charge in [0.25, 0.3) is 0 Å². The highest BCUT2D eigenvalue weighted by atomic mass is 16.5. The third kappa shape index (κ3) is 4.53. The van der Waals surface area contributed by atoms with Crippen LogP contribution in [0, 0.1) is 19.8 Å². The van der Waals surface area contributed by atoms with Gasteiger partial charge < -0.3 is 9.26 Å². The number of piperidine rings is 1. The molecule has 4 heterocycles. The molecular weight excluding hydrogens is 338 g/mol. The van der Waals surface area contributed by atoms with E-state index >= 15 is 0 Å². The number of ether oxygens (including phenoxy) is 1. The van der Waals surface area contributed by atoms with E-state index in [4.69, 9.17) is 9.26 Å². The number of hydrogen-bond acceptors (Lipinski definition) is 5. The summed E-state index contributed by atoms with van der Waals surface area (Å²) in [5, 5.41) is 4.12. The van der Waals surface area contributed by atoms with Gasteiger partial charge in [0.15, 0.2) is 0 Å². The van der Waals surface area contributed by atoms with Crippen LogP contribution >= 0.6 is 0 Å². The van der Waals surface area contributed by atoms with E-state index in [1.165, 1.54) is 31.5 Å². The van der Waals surface area contributed by atoms with Crippen molar-refractivity contribution in [3.8, 4) is 5.75 Å². The molecule has 5 heteroatoms. The molecule has 0 saturated carbocycles. The zero-order valence-electron chi connectivity index (χ0n) is 16.6. The van der Waals surface area contributed by atoms with Crippen molar-refractivity contribution in [1.29, 1.82) is 0 Å². The minimum Gasteiger partial charge on any atom is -0.494 e. The number of para-hydroxylation sites is 1. The molecule has 146 valence electrons. The lowest BCUT2D eigenvalue weighted by atomic mass is 9.95. The molecule has 3 fully saturated rings. The molecule has 5 rings (SSSR count). The molecule has 5 nitrogen and oxygen atoms in total. The predicted octanol–water partition coefficient (Wildman–Crippen LogP) is 3.66. The van der Waals surface area contributed by atoms with Gasteiger partial charge in [0, 0.05) is 44.3 Å². The quantitative estimate of drug-likeness (QED) is 0.697. The zero-order valence-corrected chi connectivity index (χ0v) is 16.6. The Morgan fingerprint density at radius 2 is 1.96 bits per heavy atom. The van der Waals surface area contributed by atoms with Crippen LogP contribution in [0.15, 0.2) is 34.9 Å². The van der Waals surface area contributed by atoms with Gasteiger partial charge in [0.1, 0.15) is 11.5 Å². The Bertz CT molecular complexity index is 711. The molecule has 0 N–H and O–H groups in total. The molecule has 0 unspecified atom stereocenters. The predicted molar refractivity (Wildman–Crippen MR) is 106 cm³/mol. The summed E-state index contributed by atoms with van der Waals surface area (Å²) >= 11 is 0. The van der Waals surface area contributed by atoms with Crippen LogP contribution in [0.4, 0.5) is 0 Å². The zero-order chi connectivity index (χ0) is 18.6. The Kier molecular flexibility index (Phi) is 5.79. The van der Waals surface area contributed by atoms with Crippen LogP contribution in [-0.2, 0) is 6.54 Å². The number of rotatable bonds is 7. The number of hydrogen-bond donors (Lipinski definition) is 0. The summed E-state index contributed by atoms with van der Waals surface area (Å²) in [6.45, 7) is 10.6. The summed E-state index contributed by atoms with van der Waals surface area (Å²) in [4.78, 5) is 5.32. The third-order valence-corrected chi connectivity index (χ3v) is 6.07. The van der Waals surface area contributed by atoms with Crippen molar-refractivity contribution in [3.63, 3.8) is 0 Å². The van der Waals surface area contributed by atoms with Gasteiger partial charge in [-0.15, -0.1) is 0 Å². The van der Waals surface area contributed by atoms with Crippen molar-refractivity contribution in [3.05, 3.63) is 47.3 Å². The summed E-state index contributed by atoms with van der Waals surface area (Å²) in [5.74, 6) is 2.72. The van der Waals surface area contributed by atoms with Crippen LogP contribution in [0.1, 0.15) is 36.3 Å². The molecule has 0 aliphatic carbocycles. The lowest BCUT2D eigenvalue weighted by molar-refractivity contribution is 0.122. The second-order valence-corrected chi connectivity index (χ2v) is 8.10. The lowest BCUT2D eigenvalue weighted by Gasteiger charge is -2.36. The molecule has 1 aromatic carbocycles. The number of fused-ring (bicyclic) bond motifs is 4. The maximum Gasteiger partial charge on any atom is 0.138 e. The van der Waals surface area contributed by atoms with E-state index in [0.717, 1.165) is 55.8 Å². The van der Waals surface area contributed by atoms with E-state index in [2.05, 4.69) is 21.9 Å². The topological polar surface area (TPSA) is 41.7 Å². The number of aryl methyl sites for hydroxylation is 2. The molecule has 0 spiro atoms. The van der Waals surface area contributed by atoms with E-state index in [1.807, 2.05) is 37.3 Å². The minimum atomic E-state index is 0.668. The van der Waals surface area contributed by atoms with Crippen molar-refractivity contribution < 1.29 is 9.26 Å². The number of benzene rings is 1. The molecule has 3 saturated heterocycles. The van der Waals surface area contributed by atoms with E-state index in [9.17, 15) is 0 Å². The molecule has 2 aromatic rings. The summed E-state index contributed by atoms with van der Waals surface area (Å²) in [6, 6.07) is 10.8. The normalized spacial score (nSPS) is 23.5. The number of aromatic nitrogens is 1. The van der Waals surface area contributed by atoms with Crippen LogP contribution in [0.25, 0.3) is 0 Å². The average molecular weight is 370 g/mol. The molecular formula is C22H31N3O2. The summed E-state index contributed by atoms with van der Waals surface area (Å²) in [5.41, 5.74) is 2.32. The molecule has 2 atom stereocenters. The van der Waals surface area contributed by atoms with Crippen molar-refractivity contribution in [2.75, 3.05) is 32.8 Å². The highest BCUT2D eigenvalue weighted by Gasteiger charge is 2.34. The van der Waals surface area contributed by atoms with E-state index < -0.39 is 0 Å². The van der Waals surface area contributed by atoms with Crippen molar-refractivity contribution in [2.45, 2.75) is 45.7 Å². The van der Waals surface area contributed by atoms with Gasteiger partial charge in [-0.05, 0) is 51.2 Å². The van der Waals surface area contributed by atoms with Crippen molar-refractivity contribution in [1.82, 2.24) is 15.0 Å². The Morgan fingerprint density at radius 3 is 2.74 bits per heavy atom. The first-order chi connectivity index (χ1) is 13.2. The summed E-state index contributed by atoms with van der Waals surface area (Å²) in [6.07, 6.45) is 3.77. The Labute approximate surface area is 162 Å². The summed E-state index contributed by atoms with van der Waals surface area (Å²) < 4.78 is 11.2. The van der Waals surface area contributed by atoms with Gasteiger partial charge in [-0.3, -0.25) is 9.80 Å². The van der Waals surface area contributed by atoms with Crippen molar-refractivity contribution in [2.24, 2.45) is 5.92 Å². The minimum absolute atomic E-state index is 0.668. The standard InChI is InChI=1S/C22H31N3O2/c1-17-22(18(2)27-23-17)16-24-13-19-9-10-20(15-24)25(14-19)11-6-12-26-21-7-4-3-5-8-21/h3-5,7-8,19-20H,6,9-16H2,1-2H3/t19-,20+/m1/s1. The molecule has 27 heavy (non-hydrogen) atoms. The van der Waals surface area contributed by atoms with Gasteiger partial charge in [0.05, 0.1) is 12.3 Å². The smallest absolute Gasteiger partial charge is 0.138 e. The molecule has 2 bridgehead atoms. The Morgan fingerprint density at radius 1 is 1.11 bits per heavy atom. The first-order valence-electron chi connectivity index (χ1n) is 10.2. The molecule has 0 amide bonds. The molecule has 0 radical (unpaired) electrons. The highest BCUT2D eigenvalue weighted by Crippen LogP contribution is 2.29. The average Bonchev–Trinajstić information content (AvgIpc) is 2.86. The summed E-state index contributed by atoms with van der Waals surface area (Å²) in [7, 11) is 0. The van der Waals surface area contributed by atoms with E-state index in [0.29, 0.717) is 6.04 Å². The largest absolute Gasteiger partial charge is 0.494 e. The third-order valence-electron chi connectivity index (χ3n) is 6.07. The monoisotopic (exact) mass is 369 g/mol. The number of nitrogens with zero attached hydrogens (tertiary/aromatic N) is 3. The first kappa shape index (κ1) is 18.5. The lowest BCUT2D eigenvalue weighted by Crippen LogP contribution is -2.44. The Balaban J connectivity index is 1.29. The van der Waals surface area contributed by atoms with Crippen LogP contribution in [0.2, 0.25) is 0 Å². The van der Waals surface area contributed by atoms with E-state index in [1.54, 1.807) is 0 Å². The maximum atomic E-state index is 5.87. The molecule has 3 aliphatic rings. The highest BCUT2D eigenvalue weighted by molar-refractivity contribution is 5.21. The van der Waals surface area contributed by atoms with Gasteiger partial charge in [-0.25, -0.2) is 0 Å². The fourth-order valence-electron chi connectivity index (χ4n) is 4.60. The maximum absolute atomic E-state index is 5.87. The molecule has 3 aliphatic heterocycles. The van der Waals surface area contributed by atoms with Gasteiger partial charge in [0.2, 0.25) is 0 Å². The fourth-order valence-corrected chi connectivity index (χ4v) is 4.60. The van der Waals surface area contributed by atoms with E-state index in [-0.39, 0.29) is 0 Å². The second kappa shape index (κ2) is 8.44. The van der Waals surface area contributed by atoms with Crippen LogP contribution in [0.3, 0.4) is 0 Å². The first-order valence-corrected chi connectivity index (χ1v) is 10.2. The van der Waals surface area contributed by atoms with Crippen molar-refractivity contribution >= 4 is 0 Å². The molecule has 1 aromatic heterocycles. The van der Waals surface area contributed by atoms with Crippen LogP contribution in [-0.4, -0.2) is 53.8 Å². The van der Waals surface area contributed by atoms with Gasteiger partial charge >= 0.3 is 0 Å². The van der Waals surface area contributed by atoms with Crippen LogP contribution in [0.5, 0.6) is 5.75 Å².